The third-order valence-corrected chi connectivity index (χ3v) is 6.80. The number of halogens is 2. The summed E-state index contributed by atoms with van der Waals surface area (Å²) in [6, 6.07) is 13.4. The Balaban J connectivity index is 1.26. The molecule has 2 heterocycles. The summed E-state index contributed by atoms with van der Waals surface area (Å²) in [5.74, 6) is 1.48. The van der Waals surface area contributed by atoms with Crippen LogP contribution in [0.4, 0.5) is 0 Å². The zero-order chi connectivity index (χ0) is 24.0. The minimum absolute atomic E-state index is 0.234. The van der Waals surface area contributed by atoms with Crippen molar-refractivity contribution in [3.8, 4) is 11.5 Å². The highest BCUT2D eigenvalue weighted by molar-refractivity contribution is 6.42. The van der Waals surface area contributed by atoms with E-state index in [9.17, 15) is 5.11 Å². The zero-order valence-electron chi connectivity index (χ0n) is 19.4. The first kappa shape index (κ1) is 24.9. The van der Waals surface area contributed by atoms with Gasteiger partial charge in [0.1, 0.15) is 24.7 Å². The Hall–Kier alpha value is -2.25. The molecule has 0 aliphatic carbocycles. The molecule has 3 aromatic rings. The quantitative estimate of drug-likeness (QED) is 0.425. The molecular weight excluding hydrogens is 473 g/mol. The predicted octanol–water partition coefficient (Wildman–Crippen LogP) is 5.37. The number of aliphatic hydroxyl groups is 1. The van der Waals surface area contributed by atoms with Crippen molar-refractivity contribution in [1.82, 2.24) is 14.7 Å². The molecule has 1 unspecified atom stereocenters. The first-order valence-electron chi connectivity index (χ1n) is 11.6. The number of hydrogen-bond acceptors (Lipinski definition) is 5. The lowest BCUT2D eigenvalue weighted by molar-refractivity contribution is -0.0168. The molecule has 0 saturated carbocycles. The monoisotopic (exact) mass is 503 g/mol. The Morgan fingerprint density at radius 2 is 1.88 bits per heavy atom. The van der Waals surface area contributed by atoms with Crippen molar-refractivity contribution < 1.29 is 14.6 Å². The number of hydrogen-bond donors (Lipinski definition) is 1. The van der Waals surface area contributed by atoms with Gasteiger partial charge in [0.05, 0.1) is 28.4 Å². The molecule has 1 atom stereocenters. The molecule has 34 heavy (non-hydrogen) atoms. The first-order valence-corrected chi connectivity index (χ1v) is 12.4. The van der Waals surface area contributed by atoms with Gasteiger partial charge in [-0.15, -0.1) is 0 Å². The van der Waals surface area contributed by atoms with Crippen molar-refractivity contribution in [2.45, 2.75) is 44.9 Å². The fourth-order valence-electron chi connectivity index (χ4n) is 4.16. The van der Waals surface area contributed by atoms with Gasteiger partial charge in [0.25, 0.3) is 0 Å². The van der Waals surface area contributed by atoms with Gasteiger partial charge in [-0.25, -0.2) is 0 Å². The van der Waals surface area contributed by atoms with Crippen molar-refractivity contribution >= 4 is 23.2 Å². The van der Waals surface area contributed by atoms with Gasteiger partial charge >= 0.3 is 0 Å². The van der Waals surface area contributed by atoms with Gasteiger partial charge in [-0.1, -0.05) is 35.3 Å². The summed E-state index contributed by atoms with van der Waals surface area (Å²) < 4.78 is 13.7. The summed E-state index contributed by atoms with van der Waals surface area (Å²) in [6.07, 6.45) is 6.10. The molecule has 1 N–H and O–H groups in total. The molecule has 182 valence electrons. The molecule has 1 aliphatic rings. The van der Waals surface area contributed by atoms with Crippen LogP contribution in [0, 0.1) is 6.92 Å². The average Bonchev–Trinajstić information content (AvgIpc) is 3.14. The molecule has 0 bridgehead atoms. The molecule has 2 aromatic carbocycles. The van der Waals surface area contributed by atoms with E-state index in [4.69, 9.17) is 32.7 Å². The van der Waals surface area contributed by atoms with Crippen LogP contribution in [0.1, 0.15) is 30.4 Å². The molecule has 0 radical (unpaired) electrons. The second kappa shape index (κ2) is 11.5. The third kappa shape index (κ3) is 7.12. The van der Waals surface area contributed by atoms with E-state index < -0.39 is 5.60 Å². The summed E-state index contributed by atoms with van der Waals surface area (Å²) in [5, 5.41) is 16.3. The smallest absolute Gasteiger partial charge is 0.121 e. The number of rotatable bonds is 9. The van der Waals surface area contributed by atoms with Crippen LogP contribution in [0.25, 0.3) is 0 Å². The van der Waals surface area contributed by atoms with Crippen LogP contribution >= 0.6 is 23.2 Å². The fraction of sp³-hybridized carbons (Fsp3) is 0.423. The number of likely N-dealkylation sites (tertiary alicyclic amines) is 1. The largest absolute Gasteiger partial charge is 0.492 e. The van der Waals surface area contributed by atoms with Crippen LogP contribution in [0.5, 0.6) is 11.5 Å². The molecule has 0 amide bonds. The lowest BCUT2D eigenvalue weighted by Crippen LogP contribution is -2.37. The highest BCUT2D eigenvalue weighted by Crippen LogP contribution is 2.29. The predicted molar refractivity (Wildman–Crippen MR) is 135 cm³/mol. The minimum Gasteiger partial charge on any atom is -0.492 e. The summed E-state index contributed by atoms with van der Waals surface area (Å²) in [6.45, 7) is 6.09. The SMILES string of the molecule is Cc1cnn(CCOc2cccc(CN3CCCC(O)(COc4ccc(Cl)c(Cl)c4)CC3)c2)c1. The molecule has 0 spiro atoms. The second-order valence-corrected chi connectivity index (χ2v) is 9.81. The van der Waals surface area contributed by atoms with Gasteiger partial charge in [-0.05, 0) is 68.1 Å². The lowest BCUT2D eigenvalue weighted by atomic mass is 9.96. The maximum Gasteiger partial charge on any atom is 0.121 e. The fourth-order valence-corrected chi connectivity index (χ4v) is 4.45. The number of aryl methyl sites for hydroxylation is 1. The Morgan fingerprint density at radius 1 is 1.03 bits per heavy atom. The Labute approximate surface area is 211 Å². The van der Waals surface area contributed by atoms with Crippen molar-refractivity contribution in [3.05, 3.63) is 76.0 Å². The van der Waals surface area contributed by atoms with Crippen molar-refractivity contribution in [2.75, 3.05) is 26.3 Å². The maximum absolute atomic E-state index is 11.1. The molecule has 4 rings (SSSR count). The number of nitrogens with zero attached hydrogens (tertiary/aromatic N) is 3. The van der Waals surface area contributed by atoms with Gasteiger partial charge in [0.2, 0.25) is 0 Å². The van der Waals surface area contributed by atoms with Crippen molar-refractivity contribution in [2.24, 2.45) is 0 Å². The number of benzene rings is 2. The molecular formula is C26H31Cl2N3O3. The van der Waals surface area contributed by atoms with Gasteiger partial charge in [0.15, 0.2) is 0 Å². The van der Waals surface area contributed by atoms with E-state index in [1.807, 2.05) is 36.1 Å². The number of ether oxygens (including phenoxy) is 2. The van der Waals surface area contributed by atoms with Gasteiger partial charge in [-0.3, -0.25) is 9.58 Å². The van der Waals surface area contributed by atoms with E-state index in [0.29, 0.717) is 41.8 Å². The van der Waals surface area contributed by atoms with Crippen molar-refractivity contribution in [3.63, 3.8) is 0 Å². The highest BCUT2D eigenvalue weighted by Gasteiger charge is 2.31. The summed E-state index contributed by atoms with van der Waals surface area (Å²) >= 11 is 12.0. The van der Waals surface area contributed by atoms with E-state index in [2.05, 4.69) is 22.1 Å². The summed E-state index contributed by atoms with van der Waals surface area (Å²) in [7, 11) is 0. The van der Waals surface area contributed by atoms with E-state index in [1.165, 1.54) is 5.56 Å². The topological polar surface area (TPSA) is 59.8 Å². The molecule has 1 aliphatic heterocycles. The van der Waals surface area contributed by atoms with Crippen LogP contribution in [0.2, 0.25) is 10.0 Å². The maximum atomic E-state index is 11.1. The minimum atomic E-state index is -0.864. The van der Waals surface area contributed by atoms with Crippen molar-refractivity contribution in [1.29, 1.82) is 0 Å². The van der Waals surface area contributed by atoms with E-state index in [-0.39, 0.29) is 6.61 Å². The van der Waals surface area contributed by atoms with Crippen LogP contribution < -0.4 is 9.47 Å². The van der Waals surface area contributed by atoms with Crippen LogP contribution in [-0.4, -0.2) is 51.7 Å². The average molecular weight is 504 g/mol. The molecule has 1 aromatic heterocycles. The summed E-state index contributed by atoms with van der Waals surface area (Å²) in [5.41, 5.74) is 1.48. The van der Waals surface area contributed by atoms with Crippen LogP contribution in [0.15, 0.2) is 54.9 Å². The van der Waals surface area contributed by atoms with Gasteiger partial charge < -0.3 is 14.6 Å². The second-order valence-electron chi connectivity index (χ2n) is 9.00. The standard InChI is InChI=1S/C26H31Cl2N3O3/c1-20-16-29-31(17-20)12-13-33-22-5-2-4-21(14-22)18-30-10-3-8-26(32,9-11-30)19-34-23-6-7-24(27)25(28)15-23/h2,4-7,14-17,32H,3,8-13,18-19H2,1H3. The van der Waals surface area contributed by atoms with Gasteiger partial charge in [-0.2, -0.15) is 5.10 Å². The Morgan fingerprint density at radius 3 is 2.68 bits per heavy atom. The van der Waals surface area contributed by atoms with E-state index in [0.717, 1.165) is 37.4 Å². The first-order chi connectivity index (χ1) is 16.4. The van der Waals surface area contributed by atoms with E-state index >= 15 is 0 Å². The highest BCUT2D eigenvalue weighted by atomic mass is 35.5. The molecule has 1 fully saturated rings. The van der Waals surface area contributed by atoms with Gasteiger partial charge in [0, 0.05) is 25.4 Å². The van der Waals surface area contributed by atoms with Crippen LogP contribution in [-0.2, 0) is 13.1 Å². The van der Waals surface area contributed by atoms with E-state index in [1.54, 1.807) is 18.2 Å². The number of aromatic nitrogens is 2. The normalized spacial score (nSPS) is 19.1. The molecule has 6 nitrogen and oxygen atoms in total. The third-order valence-electron chi connectivity index (χ3n) is 6.06. The Kier molecular flexibility index (Phi) is 8.37. The Bertz CT molecular complexity index is 1090. The molecule has 8 heteroatoms. The zero-order valence-corrected chi connectivity index (χ0v) is 20.9. The van der Waals surface area contributed by atoms with Crippen LogP contribution in [0.3, 0.4) is 0 Å². The molecule has 1 saturated heterocycles. The summed E-state index contributed by atoms with van der Waals surface area (Å²) in [4.78, 5) is 2.38. The lowest BCUT2D eigenvalue weighted by Gasteiger charge is -2.27.